The molecule has 1 atom stereocenters. The van der Waals surface area contributed by atoms with Crippen LogP contribution in [0.25, 0.3) is 0 Å². The largest absolute Gasteiger partial charge is 0.334 e. The van der Waals surface area contributed by atoms with Crippen molar-refractivity contribution in [1.82, 2.24) is 0 Å². The Hall–Kier alpha value is -0.550. The molecule has 0 saturated heterocycles. The lowest BCUT2D eigenvalue weighted by Gasteiger charge is -2.15. The predicted octanol–water partition coefficient (Wildman–Crippen LogP) is 4.27. The molecule has 0 spiro atoms. The molecule has 1 aromatic carbocycles. The van der Waals surface area contributed by atoms with Crippen LogP contribution in [0.2, 0.25) is 0 Å². The van der Waals surface area contributed by atoms with Crippen LogP contribution in [-0.4, -0.2) is 16.5 Å². The molecule has 0 radical (unpaired) electrons. The molecular formula is C12H14BrFN2S. The molecular weight excluding hydrogens is 303 g/mol. The minimum Gasteiger partial charge on any atom is -0.334 e. The number of nitrogens with one attached hydrogen (secondary N) is 1. The molecule has 0 aromatic heterocycles. The van der Waals surface area contributed by atoms with E-state index in [0.29, 0.717) is 0 Å². The van der Waals surface area contributed by atoms with Crippen molar-refractivity contribution in [2.45, 2.75) is 25.8 Å². The minimum atomic E-state index is -0.252. The van der Waals surface area contributed by atoms with Crippen LogP contribution in [0.1, 0.15) is 20.3 Å². The topological polar surface area (TPSA) is 24.4 Å². The summed E-state index contributed by atoms with van der Waals surface area (Å²) in [6, 6.07) is 4.58. The summed E-state index contributed by atoms with van der Waals surface area (Å²) in [7, 11) is 0. The number of halogens is 2. The van der Waals surface area contributed by atoms with Crippen molar-refractivity contribution in [3.05, 3.63) is 28.5 Å². The molecule has 1 N–H and O–H groups in total. The Morgan fingerprint density at radius 3 is 3.00 bits per heavy atom. The van der Waals surface area contributed by atoms with Gasteiger partial charge in [0.15, 0.2) is 5.17 Å². The third-order valence-corrected chi connectivity index (χ3v) is 4.75. The van der Waals surface area contributed by atoms with Gasteiger partial charge in [-0.05, 0) is 47.5 Å². The van der Waals surface area contributed by atoms with E-state index in [2.05, 4.69) is 40.1 Å². The molecule has 1 heterocycles. The van der Waals surface area contributed by atoms with Crippen LogP contribution in [0.3, 0.4) is 0 Å². The van der Waals surface area contributed by atoms with Crippen molar-refractivity contribution in [2.24, 2.45) is 4.99 Å². The third-order valence-electron chi connectivity index (χ3n) is 2.82. The Balaban J connectivity index is 2.17. The monoisotopic (exact) mass is 316 g/mol. The van der Waals surface area contributed by atoms with E-state index in [-0.39, 0.29) is 11.4 Å². The van der Waals surface area contributed by atoms with E-state index in [1.54, 1.807) is 17.8 Å². The van der Waals surface area contributed by atoms with Gasteiger partial charge in [-0.25, -0.2) is 4.39 Å². The number of benzene rings is 1. The van der Waals surface area contributed by atoms with Crippen molar-refractivity contribution < 1.29 is 4.39 Å². The van der Waals surface area contributed by atoms with E-state index in [4.69, 9.17) is 0 Å². The van der Waals surface area contributed by atoms with Gasteiger partial charge in [-0.1, -0.05) is 18.7 Å². The second-order valence-electron chi connectivity index (χ2n) is 4.31. The van der Waals surface area contributed by atoms with E-state index < -0.39 is 0 Å². The number of hydrogen-bond acceptors (Lipinski definition) is 3. The first-order chi connectivity index (χ1) is 8.02. The van der Waals surface area contributed by atoms with Gasteiger partial charge in [0.2, 0.25) is 0 Å². The van der Waals surface area contributed by atoms with Gasteiger partial charge in [0.1, 0.15) is 5.82 Å². The van der Waals surface area contributed by atoms with Crippen LogP contribution in [0, 0.1) is 5.82 Å². The number of aliphatic imine (C=N–C) groups is 1. The zero-order valence-electron chi connectivity index (χ0n) is 9.76. The summed E-state index contributed by atoms with van der Waals surface area (Å²) >= 11 is 5.07. The van der Waals surface area contributed by atoms with Gasteiger partial charge < -0.3 is 5.32 Å². The number of thioether (sulfide) groups is 1. The molecule has 2 nitrogen and oxygen atoms in total. The summed E-state index contributed by atoms with van der Waals surface area (Å²) in [5.74, 6) is 0.719. The van der Waals surface area contributed by atoms with Crippen molar-refractivity contribution in [1.29, 1.82) is 0 Å². The molecule has 0 aliphatic carbocycles. The average Bonchev–Trinajstić information content (AvgIpc) is 2.67. The Morgan fingerprint density at radius 1 is 1.59 bits per heavy atom. The first-order valence-corrected chi connectivity index (χ1v) is 7.25. The average molecular weight is 317 g/mol. The number of rotatable bonds is 2. The van der Waals surface area contributed by atoms with Crippen LogP contribution >= 0.6 is 27.7 Å². The van der Waals surface area contributed by atoms with Crippen LogP contribution in [-0.2, 0) is 0 Å². The summed E-state index contributed by atoms with van der Waals surface area (Å²) < 4.78 is 14.0. The van der Waals surface area contributed by atoms with Gasteiger partial charge in [0, 0.05) is 10.2 Å². The number of hydrogen-bond donors (Lipinski definition) is 1. The normalized spacial score (nSPS) is 23.6. The highest BCUT2D eigenvalue weighted by Crippen LogP contribution is 2.32. The SMILES string of the molecule is CCC1(C)CSC(Nc2cc(F)ccc2Br)=N1. The van der Waals surface area contributed by atoms with Crippen LogP contribution in [0.5, 0.6) is 0 Å². The van der Waals surface area contributed by atoms with Crippen molar-refractivity contribution >= 4 is 38.5 Å². The Bertz CT molecular complexity index is 464. The van der Waals surface area contributed by atoms with Gasteiger partial charge in [0.05, 0.1) is 11.2 Å². The number of amidine groups is 1. The molecule has 1 aliphatic rings. The van der Waals surface area contributed by atoms with Gasteiger partial charge in [-0.2, -0.15) is 0 Å². The first kappa shape index (κ1) is 12.9. The first-order valence-electron chi connectivity index (χ1n) is 5.47. The van der Waals surface area contributed by atoms with Crippen molar-refractivity contribution in [3.8, 4) is 0 Å². The van der Waals surface area contributed by atoms with Crippen molar-refractivity contribution in [2.75, 3.05) is 11.1 Å². The maximum Gasteiger partial charge on any atom is 0.161 e. The smallest absolute Gasteiger partial charge is 0.161 e. The van der Waals surface area contributed by atoms with Crippen LogP contribution in [0.4, 0.5) is 10.1 Å². The van der Waals surface area contributed by atoms with Crippen LogP contribution < -0.4 is 5.32 Å². The maximum atomic E-state index is 13.1. The molecule has 0 bridgehead atoms. The molecule has 5 heteroatoms. The minimum absolute atomic E-state index is 0.00675. The fourth-order valence-corrected chi connectivity index (χ4v) is 3.02. The summed E-state index contributed by atoms with van der Waals surface area (Å²) in [6.07, 6.45) is 1.01. The Labute approximate surface area is 113 Å². The quantitative estimate of drug-likeness (QED) is 0.881. The lowest BCUT2D eigenvalue weighted by molar-refractivity contribution is 0.523. The lowest BCUT2D eigenvalue weighted by Crippen LogP contribution is -2.20. The Kier molecular flexibility index (Phi) is 3.78. The highest BCUT2D eigenvalue weighted by atomic mass is 79.9. The van der Waals surface area contributed by atoms with Gasteiger partial charge in [0.25, 0.3) is 0 Å². The van der Waals surface area contributed by atoms with Crippen molar-refractivity contribution in [3.63, 3.8) is 0 Å². The fourth-order valence-electron chi connectivity index (χ4n) is 1.49. The van der Waals surface area contributed by atoms with E-state index in [9.17, 15) is 4.39 Å². The number of nitrogens with zero attached hydrogens (tertiary/aromatic N) is 1. The summed E-state index contributed by atoms with van der Waals surface area (Å²) in [6.45, 7) is 4.26. The summed E-state index contributed by atoms with van der Waals surface area (Å²) in [5.41, 5.74) is 0.726. The second kappa shape index (κ2) is 4.98. The molecule has 0 amide bonds. The molecule has 2 rings (SSSR count). The van der Waals surface area contributed by atoms with Gasteiger partial charge in [-0.3, -0.25) is 4.99 Å². The molecule has 92 valence electrons. The highest BCUT2D eigenvalue weighted by Gasteiger charge is 2.28. The van der Waals surface area contributed by atoms with Crippen LogP contribution in [0.15, 0.2) is 27.7 Å². The maximum absolute atomic E-state index is 13.1. The van der Waals surface area contributed by atoms with Gasteiger partial charge in [-0.15, -0.1) is 0 Å². The van der Waals surface area contributed by atoms with E-state index in [1.165, 1.54) is 12.1 Å². The van der Waals surface area contributed by atoms with E-state index in [0.717, 1.165) is 27.5 Å². The predicted molar refractivity (Wildman–Crippen MR) is 76.3 cm³/mol. The van der Waals surface area contributed by atoms with E-state index in [1.807, 2.05) is 0 Å². The number of anilines is 1. The molecule has 1 unspecified atom stereocenters. The highest BCUT2D eigenvalue weighted by molar-refractivity contribution is 9.10. The molecule has 1 aliphatic heterocycles. The Morgan fingerprint density at radius 2 is 2.35 bits per heavy atom. The van der Waals surface area contributed by atoms with Gasteiger partial charge >= 0.3 is 0 Å². The standard InChI is InChI=1S/C12H14BrFN2S/c1-3-12(2)7-17-11(16-12)15-10-6-8(14)4-5-9(10)13/h4-6H,3,7H2,1-2H3,(H,15,16). The summed E-state index contributed by atoms with van der Waals surface area (Å²) in [5, 5.41) is 4.03. The molecule has 0 fully saturated rings. The molecule has 0 saturated carbocycles. The fraction of sp³-hybridized carbons (Fsp3) is 0.417. The van der Waals surface area contributed by atoms with E-state index >= 15 is 0 Å². The molecule has 1 aromatic rings. The zero-order chi connectivity index (χ0) is 12.5. The second-order valence-corrected chi connectivity index (χ2v) is 6.12. The molecule has 17 heavy (non-hydrogen) atoms. The third kappa shape index (κ3) is 3.01. The zero-order valence-corrected chi connectivity index (χ0v) is 12.2. The lowest BCUT2D eigenvalue weighted by atomic mass is 10.0. The summed E-state index contributed by atoms with van der Waals surface area (Å²) in [4.78, 5) is 4.63.